The third-order valence-corrected chi connectivity index (χ3v) is 3.52. The Morgan fingerprint density at radius 1 is 0.909 bits per heavy atom. The maximum Gasteiger partial charge on any atom is 0.336 e. The van der Waals surface area contributed by atoms with Crippen molar-refractivity contribution in [1.29, 1.82) is 0 Å². The van der Waals surface area contributed by atoms with Crippen LogP contribution in [0, 0.1) is 0 Å². The van der Waals surface area contributed by atoms with Crippen LogP contribution in [0.25, 0.3) is 10.8 Å². The summed E-state index contributed by atoms with van der Waals surface area (Å²) >= 11 is 0. The van der Waals surface area contributed by atoms with Gasteiger partial charge in [-0.25, -0.2) is 9.59 Å². The fraction of sp³-hybridized carbons (Fsp3) is 0.250. The molecule has 0 aliphatic heterocycles. The summed E-state index contributed by atoms with van der Waals surface area (Å²) in [5, 5.41) is 37.8. The van der Waals surface area contributed by atoms with Gasteiger partial charge in [0.05, 0.1) is 11.1 Å². The van der Waals surface area contributed by atoms with Gasteiger partial charge < -0.3 is 20.4 Å². The highest BCUT2D eigenvalue weighted by Crippen LogP contribution is 2.28. The number of carboxylic acid groups (broad SMARTS) is 2. The number of hydrogen-bond acceptors (Lipinski definition) is 4. The van der Waals surface area contributed by atoms with Crippen LogP contribution in [0.5, 0.6) is 0 Å². The normalized spacial score (nSPS) is 10.8. The van der Waals surface area contributed by atoms with Crippen LogP contribution in [0.3, 0.4) is 0 Å². The molecule has 0 aliphatic carbocycles. The monoisotopic (exact) mass is 304 g/mol. The molecule has 0 aromatic heterocycles. The third kappa shape index (κ3) is 2.93. The number of aliphatic hydroxyl groups is 2. The summed E-state index contributed by atoms with van der Waals surface area (Å²) in [6.45, 7) is -0.389. The Labute approximate surface area is 126 Å². The minimum absolute atomic E-state index is 0.0440. The minimum Gasteiger partial charge on any atom is -0.478 e. The first-order valence-electron chi connectivity index (χ1n) is 6.76. The van der Waals surface area contributed by atoms with Gasteiger partial charge in [0.25, 0.3) is 0 Å². The van der Waals surface area contributed by atoms with E-state index in [0.29, 0.717) is 17.2 Å². The molecule has 6 nitrogen and oxygen atoms in total. The summed E-state index contributed by atoms with van der Waals surface area (Å²) in [6.07, 6.45) is 0.358. The van der Waals surface area contributed by atoms with Crippen molar-refractivity contribution in [1.82, 2.24) is 0 Å². The summed E-state index contributed by atoms with van der Waals surface area (Å²) in [5.41, 5.74) is 0.682. The zero-order chi connectivity index (χ0) is 16.3. The maximum atomic E-state index is 11.6. The topological polar surface area (TPSA) is 115 Å². The van der Waals surface area contributed by atoms with Crippen molar-refractivity contribution in [3.05, 3.63) is 46.5 Å². The molecule has 0 saturated carbocycles. The molecule has 6 heteroatoms. The van der Waals surface area contributed by atoms with Gasteiger partial charge in [-0.2, -0.15) is 0 Å². The first-order valence-corrected chi connectivity index (χ1v) is 6.76. The molecule has 0 saturated heterocycles. The SMILES string of the molecule is O=C(O)c1cc2cc(CCO)ccc2c(C(=O)O)c1CCO. The molecular weight excluding hydrogens is 288 g/mol. The van der Waals surface area contributed by atoms with Gasteiger partial charge >= 0.3 is 11.9 Å². The fourth-order valence-electron chi connectivity index (χ4n) is 2.59. The molecule has 0 spiro atoms. The second kappa shape index (κ2) is 6.55. The lowest BCUT2D eigenvalue weighted by atomic mass is 9.91. The van der Waals surface area contributed by atoms with Crippen LogP contribution in [-0.2, 0) is 12.8 Å². The molecule has 0 aliphatic rings. The Hall–Kier alpha value is -2.44. The van der Waals surface area contributed by atoms with E-state index >= 15 is 0 Å². The van der Waals surface area contributed by atoms with E-state index in [1.807, 2.05) is 0 Å². The number of aromatic carboxylic acids is 2. The minimum atomic E-state index is -1.24. The molecule has 2 aromatic rings. The number of carbonyl (C=O) groups is 2. The average molecular weight is 304 g/mol. The van der Waals surface area contributed by atoms with Crippen molar-refractivity contribution >= 4 is 22.7 Å². The average Bonchev–Trinajstić information content (AvgIpc) is 2.46. The summed E-state index contributed by atoms with van der Waals surface area (Å²) in [5.74, 6) is -2.47. The molecule has 0 amide bonds. The Morgan fingerprint density at radius 2 is 1.59 bits per heavy atom. The van der Waals surface area contributed by atoms with Gasteiger partial charge in [0.2, 0.25) is 0 Å². The summed E-state index contributed by atoms with van der Waals surface area (Å²) in [4.78, 5) is 23.0. The molecule has 2 rings (SSSR count). The van der Waals surface area contributed by atoms with E-state index in [9.17, 15) is 19.8 Å². The fourth-order valence-corrected chi connectivity index (χ4v) is 2.59. The van der Waals surface area contributed by atoms with Crippen molar-refractivity contribution in [2.75, 3.05) is 13.2 Å². The lowest BCUT2D eigenvalue weighted by molar-refractivity contribution is 0.0695. The highest BCUT2D eigenvalue weighted by Gasteiger charge is 2.21. The molecule has 0 unspecified atom stereocenters. The zero-order valence-corrected chi connectivity index (χ0v) is 11.7. The quantitative estimate of drug-likeness (QED) is 0.639. The molecule has 0 bridgehead atoms. The number of benzene rings is 2. The molecule has 116 valence electrons. The van der Waals surface area contributed by atoms with Crippen molar-refractivity contribution in [2.45, 2.75) is 12.8 Å². The summed E-state index contributed by atoms with van der Waals surface area (Å²) in [7, 11) is 0. The van der Waals surface area contributed by atoms with E-state index in [0.717, 1.165) is 5.56 Å². The van der Waals surface area contributed by atoms with E-state index in [4.69, 9.17) is 10.2 Å². The summed E-state index contributed by atoms with van der Waals surface area (Å²) < 4.78 is 0. The molecule has 4 N–H and O–H groups in total. The van der Waals surface area contributed by atoms with E-state index < -0.39 is 11.9 Å². The molecule has 0 fully saturated rings. The highest BCUT2D eigenvalue weighted by molar-refractivity contribution is 6.09. The Bertz CT molecular complexity index is 735. The number of rotatable bonds is 6. The van der Waals surface area contributed by atoms with Crippen molar-refractivity contribution in [2.24, 2.45) is 0 Å². The molecule has 22 heavy (non-hydrogen) atoms. The van der Waals surface area contributed by atoms with Gasteiger partial charge in [0, 0.05) is 13.2 Å². The first-order chi connectivity index (χ1) is 10.5. The molecule has 0 heterocycles. The smallest absolute Gasteiger partial charge is 0.336 e. The third-order valence-electron chi connectivity index (χ3n) is 3.52. The Kier molecular flexibility index (Phi) is 4.75. The standard InChI is InChI=1S/C16H16O6/c17-5-3-9-1-2-11-10(7-9)8-13(15(19)20)12(4-6-18)14(11)16(21)22/h1-2,7-8,17-18H,3-6H2,(H,19,20)(H,21,22). The van der Waals surface area contributed by atoms with Crippen LogP contribution in [0.4, 0.5) is 0 Å². The number of carboxylic acids is 2. The van der Waals surface area contributed by atoms with Crippen molar-refractivity contribution in [3.63, 3.8) is 0 Å². The number of hydrogen-bond donors (Lipinski definition) is 4. The highest BCUT2D eigenvalue weighted by atomic mass is 16.4. The molecule has 0 atom stereocenters. The van der Waals surface area contributed by atoms with Crippen LogP contribution in [0.2, 0.25) is 0 Å². The van der Waals surface area contributed by atoms with Gasteiger partial charge in [-0.3, -0.25) is 0 Å². The largest absolute Gasteiger partial charge is 0.478 e. The van der Waals surface area contributed by atoms with E-state index in [1.165, 1.54) is 6.07 Å². The lowest BCUT2D eigenvalue weighted by Crippen LogP contribution is -2.12. The van der Waals surface area contributed by atoms with E-state index in [-0.39, 0.29) is 36.3 Å². The van der Waals surface area contributed by atoms with E-state index in [2.05, 4.69) is 0 Å². The van der Waals surface area contributed by atoms with Crippen LogP contribution in [0.1, 0.15) is 31.8 Å². The second-order valence-corrected chi connectivity index (χ2v) is 4.89. The predicted molar refractivity (Wildman–Crippen MR) is 79.4 cm³/mol. The zero-order valence-electron chi connectivity index (χ0n) is 11.7. The van der Waals surface area contributed by atoms with Gasteiger partial charge in [-0.15, -0.1) is 0 Å². The van der Waals surface area contributed by atoms with Crippen molar-refractivity contribution in [3.8, 4) is 0 Å². The van der Waals surface area contributed by atoms with Crippen LogP contribution in [0.15, 0.2) is 24.3 Å². The molecule has 0 radical (unpaired) electrons. The van der Waals surface area contributed by atoms with Crippen LogP contribution < -0.4 is 0 Å². The number of fused-ring (bicyclic) bond motifs is 1. The summed E-state index contributed by atoms with van der Waals surface area (Å²) in [6, 6.07) is 6.40. The van der Waals surface area contributed by atoms with Crippen LogP contribution in [-0.4, -0.2) is 45.6 Å². The first kappa shape index (κ1) is 15.9. The van der Waals surface area contributed by atoms with Gasteiger partial charge in [0.15, 0.2) is 0 Å². The van der Waals surface area contributed by atoms with Gasteiger partial charge in [-0.1, -0.05) is 18.2 Å². The lowest BCUT2D eigenvalue weighted by Gasteiger charge is -2.13. The van der Waals surface area contributed by atoms with Gasteiger partial charge in [-0.05, 0) is 40.8 Å². The number of aliphatic hydroxyl groups excluding tert-OH is 2. The maximum absolute atomic E-state index is 11.6. The predicted octanol–water partition coefficient (Wildman–Crippen LogP) is 1.31. The van der Waals surface area contributed by atoms with E-state index in [1.54, 1.807) is 18.2 Å². The molecule has 2 aromatic carbocycles. The Morgan fingerprint density at radius 3 is 2.14 bits per heavy atom. The second-order valence-electron chi connectivity index (χ2n) is 4.89. The van der Waals surface area contributed by atoms with Gasteiger partial charge in [0.1, 0.15) is 0 Å². The van der Waals surface area contributed by atoms with Crippen LogP contribution >= 0.6 is 0 Å². The molecular formula is C16H16O6. The van der Waals surface area contributed by atoms with Crippen molar-refractivity contribution < 1.29 is 30.0 Å². The Balaban J connectivity index is 2.82.